The fourth-order valence-corrected chi connectivity index (χ4v) is 7.31. The van der Waals surface area contributed by atoms with Crippen LogP contribution in [0.15, 0.2) is 24.3 Å². The molecular formula is C25H32N4O2S. The fraction of sp³-hybridized carbons (Fsp3) is 0.600. The number of benzene rings is 1. The largest absolute Gasteiger partial charge is 0.344 e. The normalized spacial score (nSPS) is 29.2. The molecule has 1 aromatic carbocycles. The molecule has 170 valence electrons. The van der Waals surface area contributed by atoms with Gasteiger partial charge in [0.1, 0.15) is 11.0 Å². The van der Waals surface area contributed by atoms with Gasteiger partial charge in [0.15, 0.2) is 0 Å². The molecule has 6 nitrogen and oxygen atoms in total. The lowest BCUT2D eigenvalue weighted by Gasteiger charge is -2.55. The maximum Gasteiger partial charge on any atom is 0.249 e. The monoisotopic (exact) mass is 452 g/mol. The topological polar surface area (TPSA) is 84.0 Å². The van der Waals surface area contributed by atoms with Gasteiger partial charge in [0.2, 0.25) is 16.9 Å². The Bertz CT molecular complexity index is 995. The Labute approximate surface area is 193 Å². The van der Waals surface area contributed by atoms with E-state index < -0.39 is 6.04 Å². The molecule has 4 saturated carbocycles. The minimum absolute atomic E-state index is 0.0166. The van der Waals surface area contributed by atoms with E-state index in [1.165, 1.54) is 30.6 Å². The van der Waals surface area contributed by atoms with E-state index in [4.69, 9.17) is 0 Å². The first kappa shape index (κ1) is 21.6. The van der Waals surface area contributed by atoms with Gasteiger partial charge in [-0.05, 0) is 75.2 Å². The molecule has 4 fully saturated rings. The minimum Gasteiger partial charge on any atom is -0.344 e. The molecule has 0 radical (unpaired) electrons. The van der Waals surface area contributed by atoms with Crippen LogP contribution in [-0.2, 0) is 9.59 Å². The van der Waals surface area contributed by atoms with Crippen LogP contribution in [0, 0.1) is 36.0 Å². The van der Waals surface area contributed by atoms with Crippen LogP contribution < -0.4 is 10.6 Å². The van der Waals surface area contributed by atoms with Gasteiger partial charge in [-0.15, -0.1) is 10.2 Å². The van der Waals surface area contributed by atoms with Gasteiger partial charge in [-0.25, -0.2) is 0 Å². The molecule has 1 heterocycles. The lowest BCUT2D eigenvalue weighted by molar-refractivity contribution is -0.148. The molecule has 0 saturated heterocycles. The number of nitrogens with one attached hydrogen (secondary N) is 2. The highest BCUT2D eigenvalue weighted by Crippen LogP contribution is 2.60. The molecular weight excluding hydrogens is 420 g/mol. The third kappa shape index (κ3) is 4.07. The highest BCUT2D eigenvalue weighted by molar-refractivity contribution is 7.18. The second-order valence-electron chi connectivity index (χ2n) is 10.7. The number of hydrogen-bond donors (Lipinski definition) is 2. The molecule has 2 amide bonds. The Hall–Kier alpha value is -2.28. The van der Waals surface area contributed by atoms with Crippen LogP contribution in [-0.4, -0.2) is 28.1 Å². The van der Waals surface area contributed by atoms with Crippen molar-refractivity contribution in [2.45, 2.75) is 65.3 Å². The molecule has 4 aliphatic rings. The number of aryl methyl sites for hydroxylation is 1. The molecule has 4 aliphatic carbocycles. The third-order valence-electron chi connectivity index (χ3n) is 7.68. The number of nitrogens with zero attached hydrogens (tertiary/aromatic N) is 2. The van der Waals surface area contributed by atoms with E-state index in [1.807, 2.05) is 39.0 Å². The van der Waals surface area contributed by atoms with Crippen molar-refractivity contribution in [2.75, 3.05) is 5.32 Å². The van der Waals surface area contributed by atoms with Gasteiger partial charge in [-0.2, -0.15) is 0 Å². The highest BCUT2D eigenvalue weighted by Gasteiger charge is 2.55. The first-order chi connectivity index (χ1) is 15.3. The minimum atomic E-state index is -0.582. The van der Waals surface area contributed by atoms with Gasteiger partial charge in [0, 0.05) is 11.0 Å². The average molecular weight is 453 g/mol. The Morgan fingerprint density at radius 3 is 2.31 bits per heavy atom. The van der Waals surface area contributed by atoms with Crippen molar-refractivity contribution in [1.82, 2.24) is 15.5 Å². The van der Waals surface area contributed by atoms with Crippen molar-refractivity contribution in [1.29, 1.82) is 0 Å². The predicted molar refractivity (Wildman–Crippen MR) is 126 cm³/mol. The molecule has 0 aliphatic heterocycles. The summed E-state index contributed by atoms with van der Waals surface area (Å²) in [6.45, 7) is 5.98. The maximum atomic E-state index is 13.5. The Morgan fingerprint density at radius 1 is 1.06 bits per heavy atom. The summed E-state index contributed by atoms with van der Waals surface area (Å²) >= 11 is 1.35. The van der Waals surface area contributed by atoms with E-state index in [1.54, 1.807) is 0 Å². The zero-order valence-electron chi connectivity index (χ0n) is 19.1. The summed E-state index contributed by atoms with van der Waals surface area (Å²) in [5.74, 6) is 1.93. The molecule has 6 rings (SSSR count). The standard InChI is InChI=1S/C25H32N4O2S/c1-14(2)20(26-23(31)25-11-16-8-17(12-25)10-18(9-16)13-25)21(30)27-24-29-28-22(32-24)19-6-4-5-15(3)7-19/h4-7,14,16-18,20H,8-13H2,1-3H3,(H,26,31)(H,27,29,30). The highest BCUT2D eigenvalue weighted by atomic mass is 32.1. The SMILES string of the molecule is Cc1cccc(-c2nnc(NC(=O)C(NC(=O)C34CC5CC(CC(C5)C3)C4)C(C)C)s2)c1. The van der Waals surface area contributed by atoms with Crippen LogP contribution in [0.4, 0.5) is 5.13 Å². The van der Waals surface area contributed by atoms with Gasteiger partial charge in [0.05, 0.1) is 0 Å². The predicted octanol–water partition coefficient (Wildman–Crippen LogP) is 4.81. The molecule has 0 spiro atoms. The van der Waals surface area contributed by atoms with Gasteiger partial charge < -0.3 is 5.32 Å². The van der Waals surface area contributed by atoms with E-state index in [2.05, 4.69) is 26.9 Å². The van der Waals surface area contributed by atoms with E-state index in [0.717, 1.165) is 35.4 Å². The van der Waals surface area contributed by atoms with Crippen LogP contribution in [0.2, 0.25) is 0 Å². The zero-order chi connectivity index (χ0) is 22.5. The summed E-state index contributed by atoms with van der Waals surface area (Å²) in [5, 5.41) is 15.7. The van der Waals surface area contributed by atoms with Crippen molar-refractivity contribution in [2.24, 2.45) is 29.1 Å². The number of rotatable bonds is 6. The molecule has 32 heavy (non-hydrogen) atoms. The molecule has 1 aromatic heterocycles. The smallest absolute Gasteiger partial charge is 0.249 e. The quantitative estimate of drug-likeness (QED) is 0.659. The van der Waals surface area contributed by atoms with E-state index in [9.17, 15) is 9.59 Å². The lowest BCUT2D eigenvalue weighted by Crippen LogP contribution is -2.57. The summed E-state index contributed by atoms with van der Waals surface area (Å²) in [6, 6.07) is 7.48. The first-order valence-corrected chi connectivity index (χ1v) is 12.7. The summed E-state index contributed by atoms with van der Waals surface area (Å²) in [4.78, 5) is 26.6. The maximum absolute atomic E-state index is 13.5. The summed E-state index contributed by atoms with van der Waals surface area (Å²) in [5.41, 5.74) is 1.87. The van der Waals surface area contributed by atoms with Gasteiger partial charge in [0.25, 0.3) is 0 Å². The van der Waals surface area contributed by atoms with Crippen molar-refractivity contribution >= 4 is 28.3 Å². The van der Waals surface area contributed by atoms with Gasteiger partial charge in [-0.3, -0.25) is 14.9 Å². The Kier molecular flexibility index (Phi) is 5.56. The Morgan fingerprint density at radius 2 is 1.72 bits per heavy atom. The fourth-order valence-electron chi connectivity index (χ4n) is 6.57. The summed E-state index contributed by atoms with van der Waals surface area (Å²) in [7, 11) is 0. The van der Waals surface area contributed by atoms with E-state index >= 15 is 0 Å². The molecule has 1 atom stereocenters. The van der Waals surface area contributed by atoms with Crippen LogP contribution >= 0.6 is 11.3 Å². The molecule has 2 aromatic rings. The number of carbonyl (C=O) groups excluding carboxylic acids is 2. The van der Waals surface area contributed by atoms with Crippen molar-refractivity contribution in [3.63, 3.8) is 0 Å². The second kappa shape index (κ2) is 8.25. The van der Waals surface area contributed by atoms with Crippen LogP contribution in [0.25, 0.3) is 10.6 Å². The van der Waals surface area contributed by atoms with Crippen molar-refractivity contribution in [3.05, 3.63) is 29.8 Å². The third-order valence-corrected chi connectivity index (χ3v) is 8.56. The number of amides is 2. The zero-order valence-corrected chi connectivity index (χ0v) is 19.9. The number of hydrogen-bond acceptors (Lipinski definition) is 5. The molecule has 1 unspecified atom stereocenters. The van der Waals surface area contributed by atoms with Crippen molar-refractivity contribution in [3.8, 4) is 10.6 Å². The lowest BCUT2D eigenvalue weighted by atomic mass is 9.49. The van der Waals surface area contributed by atoms with E-state index in [-0.39, 0.29) is 23.1 Å². The van der Waals surface area contributed by atoms with Crippen LogP contribution in [0.1, 0.15) is 57.9 Å². The van der Waals surface area contributed by atoms with Gasteiger partial charge >= 0.3 is 0 Å². The molecule has 4 bridgehead atoms. The van der Waals surface area contributed by atoms with Gasteiger partial charge in [-0.1, -0.05) is 48.9 Å². The second-order valence-corrected chi connectivity index (χ2v) is 11.6. The molecule has 7 heteroatoms. The van der Waals surface area contributed by atoms with Crippen LogP contribution in [0.3, 0.4) is 0 Å². The Balaban J connectivity index is 1.27. The number of aromatic nitrogens is 2. The first-order valence-electron chi connectivity index (χ1n) is 11.8. The molecule has 2 N–H and O–H groups in total. The average Bonchev–Trinajstić information content (AvgIpc) is 3.19. The van der Waals surface area contributed by atoms with Crippen molar-refractivity contribution < 1.29 is 9.59 Å². The van der Waals surface area contributed by atoms with Crippen LogP contribution in [0.5, 0.6) is 0 Å². The summed E-state index contributed by atoms with van der Waals surface area (Å²) in [6.07, 6.45) is 6.86. The summed E-state index contributed by atoms with van der Waals surface area (Å²) < 4.78 is 0. The number of anilines is 1. The number of carbonyl (C=O) groups is 2. The van der Waals surface area contributed by atoms with E-state index in [0.29, 0.717) is 22.9 Å².